The third-order valence-corrected chi connectivity index (χ3v) is 4.32. The highest BCUT2D eigenvalue weighted by Crippen LogP contribution is 2.46. The van der Waals surface area contributed by atoms with Gasteiger partial charge < -0.3 is 14.6 Å². The van der Waals surface area contributed by atoms with Gasteiger partial charge in [0, 0.05) is 6.07 Å². The van der Waals surface area contributed by atoms with Crippen LogP contribution in [0.2, 0.25) is 0 Å². The highest BCUT2D eigenvalue weighted by molar-refractivity contribution is 5.41. The van der Waals surface area contributed by atoms with E-state index in [0.717, 1.165) is 42.7 Å². The van der Waals surface area contributed by atoms with Crippen LogP contribution < -0.4 is 9.47 Å². The summed E-state index contributed by atoms with van der Waals surface area (Å²) in [6.07, 6.45) is 3.64. The summed E-state index contributed by atoms with van der Waals surface area (Å²) in [5, 5.41) is 10.9. The third-order valence-electron chi connectivity index (χ3n) is 4.32. The molecule has 19 heavy (non-hydrogen) atoms. The molecule has 3 nitrogen and oxygen atoms in total. The lowest BCUT2D eigenvalue weighted by molar-refractivity contribution is -0.0308. The van der Waals surface area contributed by atoms with Crippen LogP contribution in [-0.2, 0) is 5.60 Å². The standard InChI is InChI=1S/C16H24O3/c1-15(2)5-7-16(17,8-6-15)12-9-13(18-3)11-14(10-12)19-4/h9-11,17H,5-8H2,1-4H3. The molecule has 3 heteroatoms. The minimum atomic E-state index is -0.753. The zero-order valence-corrected chi connectivity index (χ0v) is 12.3. The van der Waals surface area contributed by atoms with Crippen molar-refractivity contribution in [3.8, 4) is 11.5 Å². The predicted molar refractivity (Wildman–Crippen MR) is 75.7 cm³/mol. The Morgan fingerprint density at radius 2 is 1.37 bits per heavy atom. The van der Waals surface area contributed by atoms with Gasteiger partial charge in [0.05, 0.1) is 19.8 Å². The third kappa shape index (κ3) is 3.03. The van der Waals surface area contributed by atoms with Gasteiger partial charge in [-0.1, -0.05) is 13.8 Å². The summed E-state index contributed by atoms with van der Waals surface area (Å²) < 4.78 is 10.6. The Morgan fingerprint density at radius 3 is 1.79 bits per heavy atom. The van der Waals surface area contributed by atoms with Crippen molar-refractivity contribution in [3.05, 3.63) is 23.8 Å². The van der Waals surface area contributed by atoms with Crippen LogP contribution in [0.4, 0.5) is 0 Å². The van der Waals surface area contributed by atoms with Crippen molar-refractivity contribution in [1.82, 2.24) is 0 Å². The summed E-state index contributed by atoms with van der Waals surface area (Å²) in [6.45, 7) is 4.53. The number of ether oxygens (including phenoxy) is 2. The maximum absolute atomic E-state index is 10.9. The molecule has 0 radical (unpaired) electrons. The van der Waals surface area contributed by atoms with Crippen molar-refractivity contribution >= 4 is 0 Å². The first-order valence-corrected chi connectivity index (χ1v) is 6.84. The fourth-order valence-electron chi connectivity index (χ4n) is 2.71. The van der Waals surface area contributed by atoms with Gasteiger partial charge in [-0.2, -0.15) is 0 Å². The minimum Gasteiger partial charge on any atom is -0.497 e. The fraction of sp³-hybridized carbons (Fsp3) is 0.625. The lowest BCUT2D eigenvalue weighted by atomic mass is 9.69. The van der Waals surface area contributed by atoms with Crippen molar-refractivity contribution < 1.29 is 14.6 Å². The largest absolute Gasteiger partial charge is 0.497 e. The Kier molecular flexibility index (Phi) is 3.77. The number of methoxy groups -OCH3 is 2. The molecule has 0 heterocycles. The molecule has 1 aromatic rings. The molecule has 0 saturated heterocycles. The van der Waals surface area contributed by atoms with Crippen LogP contribution in [0.1, 0.15) is 45.1 Å². The predicted octanol–water partition coefficient (Wildman–Crippen LogP) is 3.49. The maximum Gasteiger partial charge on any atom is 0.122 e. The molecule has 1 fully saturated rings. The van der Waals surface area contributed by atoms with Gasteiger partial charge in [-0.25, -0.2) is 0 Å². The molecule has 1 N–H and O–H groups in total. The number of rotatable bonds is 3. The van der Waals surface area contributed by atoms with Gasteiger partial charge in [-0.3, -0.25) is 0 Å². The first-order chi connectivity index (χ1) is 8.88. The summed E-state index contributed by atoms with van der Waals surface area (Å²) >= 11 is 0. The van der Waals surface area contributed by atoms with Gasteiger partial charge in [0.25, 0.3) is 0 Å². The number of hydrogen-bond donors (Lipinski definition) is 1. The van der Waals surface area contributed by atoms with E-state index in [0.29, 0.717) is 5.41 Å². The lowest BCUT2D eigenvalue weighted by Gasteiger charge is -2.40. The van der Waals surface area contributed by atoms with Crippen LogP contribution in [0.15, 0.2) is 18.2 Å². The second-order valence-corrected chi connectivity index (χ2v) is 6.30. The van der Waals surface area contributed by atoms with Crippen molar-refractivity contribution in [2.24, 2.45) is 5.41 Å². The van der Waals surface area contributed by atoms with Gasteiger partial charge in [0.15, 0.2) is 0 Å². The van der Waals surface area contributed by atoms with Gasteiger partial charge >= 0.3 is 0 Å². The van der Waals surface area contributed by atoms with Gasteiger partial charge in [0.2, 0.25) is 0 Å². The average Bonchev–Trinajstić information content (AvgIpc) is 2.42. The van der Waals surface area contributed by atoms with E-state index in [4.69, 9.17) is 9.47 Å². The van der Waals surface area contributed by atoms with Crippen LogP contribution in [0, 0.1) is 5.41 Å². The van der Waals surface area contributed by atoms with Crippen LogP contribution in [0.25, 0.3) is 0 Å². The Morgan fingerprint density at radius 1 is 0.895 bits per heavy atom. The van der Waals surface area contributed by atoms with Crippen molar-refractivity contribution in [2.45, 2.75) is 45.1 Å². The van der Waals surface area contributed by atoms with Crippen LogP contribution in [0.3, 0.4) is 0 Å². The van der Waals surface area contributed by atoms with Crippen LogP contribution >= 0.6 is 0 Å². The molecule has 1 saturated carbocycles. The lowest BCUT2D eigenvalue weighted by Crippen LogP contribution is -2.34. The van der Waals surface area contributed by atoms with Crippen molar-refractivity contribution in [2.75, 3.05) is 14.2 Å². The number of aliphatic hydroxyl groups is 1. The quantitative estimate of drug-likeness (QED) is 0.908. The van der Waals surface area contributed by atoms with E-state index < -0.39 is 5.60 Å². The fourth-order valence-corrected chi connectivity index (χ4v) is 2.71. The minimum absolute atomic E-state index is 0.329. The molecule has 0 aromatic heterocycles. The molecule has 1 aromatic carbocycles. The van der Waals surface area contributed by atoms with Gasteiger partial charge in [0.1, 0.15) is 11.5 Å². The number of benzene rings is 1. The maximum atomic E-state index is 10.9. The average molecular weight is 264 g/mol. The van der Waals surface area contributed by atoms with E-state index in [9.17, 15) is 5.11 Å². The molecule has 0 bridgehead atoms. The van der Waals surface area contributed by atoms with E-state index in [-0.39, 0.29) is 0 Å². The molecule has 0 aliphatic heterocycles. The van der Waals surface area contributed by atoms with Crippen molar-refractivity contribution in [1.29, 1.82) is 0 Å². The highest BCUT2D eigenvalue weighted by Gasteiger charge is 2.38. The number of hydrogen-bond acceptors (Lipinski definition) is 3. The molecule has 0 atom stereocenters. The molecular weight excluding hydrogens is 240 g/mol. The topological polar surface area (TPSA) is 38.7 Å². The molecule has 2 rings (SSSR count). The molecule has 0 unspecified atom stereocenters. The van der Waals surface area contributed by atoms with E-state index in [2.05, 4.69) is 13.8 Å². The zero-order valence-electron chi connectivity index (χ0n) is 12.3. The first-order valence-electron chi connectivity index (χ1n) is 6.84. The normalized spacial score (nSPS) is 20.9. The Bertz CT molecular complexity index is 419. The smallest absolute Gasteiger partial charge is 0.122 e. The first kappa shape index (κ1) is 14.2. The Hall–Kier alpha value is -1.22. The second-order valence-electron chi connectivity index (χ2n) is 6.30. The SMILES string of the molecule is COc1cc(OC)cc(C2(O)CCC(C)(C)CC2)c1. The molecule has 0 amide bonds. The summed E-state index contributed by atoms with van der Waals surface area (Å²) in [6, 6.07) is 5.67. The highest BCUT2D eigenvalue weighted by atomic mass is 16.5. The summed E-state index contributed by atoms with van der Waals surface area (Å²) in [5.41, 5.74) is 0.478. The Balaban J connectivity index is 2.30. The van der Waals surface area contributed by atoms with E-state index in [1.54, 1.807) is 14.2 Å². The molecular formula is C16H24O3. The van der Waals surface area contributed by atoms with E-state index in [1.807, 2.05) is 18.2 Å². The van der Waals surface area contributed by atoms with Gasteiger partial charge in [-0.05, 0) is 48.8 Å². The molecule has 0 spiro atoms. The van der Waals surface area contributed by atoms with Crippen LogP contribution in [-0.4, -0.2) is 19.3 Å². The summed E-state index contributed by atoms with van der Waals surface area (Å²) in [4.78, 5) is 0. The van der Waals surface area contributed by atoms with Crippen molar-refractivity contribution in [3.63, 3.8) is 0 Å². The molecule has 1 aliphatic rings. The summed E-state index contributed by atoms with van der Waals surface area (Å²) in [5.74, 6) is 1.46. The molecule has 106 valence electrons. The van der Waals surface area contributed by atoms with Crippen LogP contribution in [0.5, 0.6) is 11.5 Å². The monoisotopic (exact) mass is 264 g/mol. The second kappa shape index (κ2) is 5.04. The zero-order chi connectivity index (χ0) is 14.1. The van der Waals surface area contributed by atoms with Gasteiger partial charge in [-0.15, -0.1) is 0 Å². The Labute approximate surface area is 115 Å². The van der Waals surface area contributed by atoms with E-state index >= 15 is 0 Å². The molecule has 1 aliphatic carbocycles. The van der Waals surface area contributed by atoms with E-state index in [1.165, 1.54) is 0 Å². The summed E-state index contributed by atoms with van der Waals surface area (Å²) in [7, 11) is 3.26.